The van der Waals surface area contributed by atoms with Crippen molar-refractivity contribution in [3.05, 3.63) is 87.7 Å². The zero-order valence-corrected chi connectivity index (χ0v) is 20.8. The highest BCUT2D eigenvalue weighted by Crippen LogP contribution is 2.28. The second-order valence-corrected chi connectivity index (χ2v) is 8.53. The van der Waals surface area contributed by atoms with Crippen molar-refractivity contribution in [2.75, 3.05) is 19.0 Å². The molecule has 1 aliphatic rings. The van der Waals surface area contributed by atoms with Crippen LogP contribution < -0.4 is 15.4 Å². The van der Waals surface area contributed by atoms with Gasteiger partial charge < -0.3 is 24.5 Å². The van der Waals surface area contributed by atoms with E-state index in [0.29, 0.717) is 21.5 Å². The molecule has 0 saturated carbocycles. The third kappa shape index (κ3) is 6.22. The predicted octanol–water partition coefficient (Wildman–Crippen LogP) is 4.08. The van der Waals surface area contributed by atoms with Crippen molar-refractivity contribution >= 4 is 51.5 Å². The number of furan rings is 1. The first-order chi connectivity index (χ1) is 17.7. The summed E-state index contributed by atoms with van der Waals surface area (Å²) >= 11 is 3.36. The number of carbonyl (C=O) groups is 4. The van der Waals surface area contributed by atoms with Crippen molar-refractivity contribution in [2.45, 2.75) is 6.54 Å². The second-order valence-electron chi connectivity index (χ2n) is 7.67. The lowest BCUT2D eigenvalue weighted by Gasteiger charge is -2.10. The number of imide groups is 1. The summed E-state index contributed by atoms with van der Waals surface area (Å²) in [4.78, 5) is 49.7. The maximum atomic E-state index is 13.2. The van der Waals surface area contributed by atoms with Crippen molar-refractivity contribution in [1.82, 2.24) is 10.2 Å². The molecule has 3 aromatic rings. The Morgan fingerprint density at radius 3 is 2.70 bits per heavy atom. The highest BCUT2D eigenvalue weighted by Gasteiger charge is 2.34. The van der Waals surface area contributed by atoms with Crippen LogP contribution in [0.15, 0.2) is 69.2 Å². The van der Waals surface area contributed by atoms with Crippen LogP contribution in [0, 0.1) is 5.82 Å². The molecule has 4 amide bonds. The summed E-state index contributed by atoms with van der Waals surface area (Å²) in [7, 11) is 1.21. The van der Waals surface area contributed by atoms with Crippen molar-refractivity contribution in [1.29, 1.82) is 0 Å². The van der Waals surface area contributed by atoms with E-state index in [1.165, 1.54) is 43.5 Å². The molecule has 0 radical (unpaired) electrons. The molecule has 10 nitrogen and oxygen atoms in total. The van der Waals surface area contributed by atoms with Crippen LogP contribution >= 0.6 is 15.9 Å². The van der Waals surface area contributed by atoms with Gasteiger partial charge in [0.1, 0.15) is 23.0 Å². The van der Waals surface area contributed by atoms with Gasteiger partial charge in [-0.3, -0.25) is 14.5 Å². The number of hydrogen-bond donors (Lipinski definition) is 2. The van der Waals surface area contributed by atoms with Gasteiger partial charge in [-0.05, 0) is 70.0 Å². The van der Waals surface area contributed by atoms with Crippen molar-refractivity contribution in [2.24, 2.45) is 0 Å². The molecule has 190 valence electrons. The molecule has 1 saturated heterocycles. The highest BCUT2D eigenvalue weighted by molar-refractivity contribution is 9.10. The second kappa shape index (κ2) is 11.1. The van der Waals surface area contributed by atoms with Crippen LogP contribution in [0.25, 0.3) is 6.08 Å². The van der Waals surface area contributed by atoms with Crippen molar-refractivity contribution in [3.8, 4) is 5.75 Å². The number of methoxy groups -OCH3 is 1. The number of nitrogens with zero attached hydrogens (tertiary/aromatic N) is 1. The smallest absolute Gasteiger partial charge is 0.373 e. The zero-order chi connectivity index (χ0) is 26.5. The number of urea groups is 1. The fourth-order valence-electron chi connectivity index (χ4n) is 3.34. The summed E-state index contributed by atoms with van der Waals surface area (Å²) in [6.45, 7) is -0.489. The summed E-state index contributed by atoms with van der Waals surface area (Å²) in [6, 6.07) is 12.6. The van der Waals surface area contributed by atoms with E-state index in [1.807, 2.05) is 0 Å². The molecule has 0 unspecified atom stereocenters. The molecule has 4 rings (SSSR count). The van der Waals surface area contributed by atoms with E-state index in [-0.39, 0.29) is 30.4 Å². The number of carbonyl (C=O) groups excluding carboxylic acids is 4. The molecule has 1 aliphatic heterocycles. The predicted molar refractivity (Wildman–Crippen MR) is 132 cm³/mol. The average molecular weight is 572 g/mol. The van der Waals surface area contributed by atoms with Crippen molar-refractivity contribution in [3.63, 3.8) is 0 Å². The summed E-state index contributed by atoms with van der Waals surface area (Å²) < 4.78 is 29.2. The number of amides is 4. The molecule has 0 aliphatic carbocycles. The summed E-state index contributed by atoms with van der Waals surface area (Å²) in [6.07, 6.45) is 1.48. The number of anilines is 1. The van der Waals surface area contributed by atoms with E-state index >= 15 is 0 Å². The van der Waals surface area contributed by atoms with Gasteiger partial charge in [0.05, 0.1) is 18.1 Å². The van der Waals surface area contributed by atoms with Gasteiger partial charge in [0, 0.05) is 5.69 Å². The molecule has 0 atom stereocenters. The van der Waals surface area contributed by atoms with Crippen LogP contribution in [0.2, 0.25) is 0 Å². The van der Waals surface area contributed by atoms with E-state index in [9.17, 15) is 23.6 Å². The van der Waals surface area contributed by atoms with Gasteiger partial charge >= 0.3 is 12.0 Å². The van der Waals surface area contributed by atoms with Crippen LogP contribution in [-0.4, -0.2) is 42.4 Å². The summed E-state index contributed by atoms with van der Waals surface area (Å²) in [5, 5.41) is 5.04. The van der Waals surface area contributed by atoms with Gasteiger partial charge in [-0.25, -0.2) is 14.0 Å². The molecule has 2 N–H and O–H groups in total. The van der Waals surface area contributed by atoms with Gasteiger partial charge in [0.15, 0.2) is 6.61 Å². The molecule has 0 bridgehead atoms. The van der Waals surface area contributed by atoms with Gasteiger partial charge in [-0.1, -0.05) is 12.1 Å². The van der Waals surface area contributed by atoms with Crippen molar-refractivity contribution < 1.29 is 37.5 Å². The monoisotopic (exact) mass is 571 g/mol. The van der Waals surface area contributed by atoms with Gasteiger partial charge in [-0.15, -0.1) is 0 Å². The Hall–Kier alpha value is -4.45. The van der Waals surface area contributed by atoms with E-state index in [1.54, 1.807) is 24.3 Å². The SMILES string of the molecule is COC(=O)c1ccc(CN2C(=O)N/C(=C\c3ccc(OCC(=O)Nc4cccc(F)c4)c(Br)c3)C2=O)o1. The minimum absolute atomic E-state index is 0.0415. The number of ether oxygens (including phenoxy) is 2. The third-order valence-electron chi connectivity index (χ3n) is 5.06. The molecular formula is C25H19BrFN3O7. The maximum Gasteiger partial charge on any atom is 0.373 e. The van der Waals surface area contributed by atoms with Crippen LogP contribution in [-0.2, 0) is 20.9 Å². The van der Waals surface area contributed by atoms with Gasteiger partial charge in [0.2, 0.25) is 5.76 Å². The quantitative estimate of drug-likeness (QED) is 0.237. The first kappa shape index (κ1) is 25.6. The topological polar surface area (TPSA) is 127 Å². The van der Waals surface area contributed by atoms with Crippen LogP contribution in [0.5, 0.6) is 5.75 Å². The van der Waals surface area contributed by atoms with E-state index in [2.05, 4.69) is 31.3 Å². The Labute approximate surface area is 218 Å². The molecular weight excluding hydrogens is 553 g/mol. The number of benzene rings is 2. The highest BCUT2D eigenvalue weighted by atomic mass is 79.9. The number of rotatable bonds is 8. The Kier molecular flexibility index (Phi) is 7.68. The molecule has 37 heavy (non-hydrogen) atoms. The summed E-state index contributed by atoms with van der Waals surface area (Å²) in [5.74, 6) is -1.65. The van der Waals surface area contributed by atoms with E-state index < -0.39 is 29.6 Å². The number of hydrogen-bond acceptors (Lipinski definition) is 7. The summed E-state index contributed by atoms with van der Waals surface area (Å²) in [5.41, 5.74) is 0.919. The standard InChI is InChI=1S/C25H19BrFN3O7/c1-35-24(33)21-8-6-17(37-21)12-30-23(32)19(29-25(30)34)10-14-5-7-20(18(26)9-14)36-13-22(31)28-16-4-2-3-15(27)11-16/h2-11H,12-13H2,1H3,(H,28,31)(H,29,34)/b19-10-. The largest absolute Gasteiger partial charge is 0.483 e. The Balaban J connectivity index is 1.37. The first-order valence-electron chi connectivity index (χ1n) is 10.7. The van der Waals surface area contributed by atoms with Crippen LogP contribution in [0.4, 0.5) is 14.9 Å². The lowest BCUT2D eigenvalue weighted by Crippen LogP contribution is -2.30. The minimum Gasteiger partial charge on any atom is -0.483 e. The maximum absolute atomic E-state index is 13.2. The lowest BCUT2D eigenvalue weighted by molar-refractivity contribution is -0.123. The molecule has 0 spiro atoms. The van der Waals surface area contributed by atoms with Gasteiger partial charge in [-0.2, -0.15) is 0 Å². The average Bonchev–Trinajstić information content (AvgIpc) is 3.43. The minimum atomic E-state index is -0.672. The Morgan fingerprint density at radius 2 is 1.97 bits per heavy atom. The van der Waals surface area contributed by atoms with E-state index in [4.69, 9.17) is 9.15 Å². The third-order valence-corrected chi connectivity index (χ3v) is 5.68. The zero-order valence-electron chi connectivity index (χ0n) is 19.2. The fourth-order valence-corrected chi connectivity index (χ4v) is 3.85. The number of halogens is 2. The number of esters is 1. The first-order valence-corrected chi connectivity index (χ1v) is 11.5. The van der Waals surface area contributed by atoms with Gasteiger partial charge in [0.25, 0.3) is 11.8 Å². The molecule has 2 aromatic carbocycles. The number of nitrogens with one attached hydrogen (secondary N) is 2. The fraction of sp³-hybridized carbons (Fsp3) is 0.120. The van der Waals surface area contributed by atoms with Crippen LogP contribution in [0.1, 0.15) is 21.9 Å². The Bertz CT molecular complexity index is 1420. The van der Waals surface area contributed by atoms with E-state index in [0.717, 1.165) is 4.90 Å². The Morgan fingerprint density at radius 1 is 1.16 bits per heavy atom. The molecule has 2 heterocycles. The normalized spacial score (nSPS) is 14.0. The lowest BCUT2D eigenvalue weighted by atomic mass is 10.2. The molecule has 1 aromatic heterocycles. The van der Waals surface area contributed by atoms with Crippen LogP contribution in [0.3, 0.4) is 0 Å². The molecule has 12 heteroatoms. The molecule has 1 fully saturated rings.